The summed E-state index contributed by atoms with van der Waals surface area (Å²) in [5.41, 5.74) is 0.164. The van der Waals surface area contributed by atoms with Crippen molar-refractivity contribution in [1.29, 1.82) is 0 Å². The Bertz CT molecular complexity index is 236. The maximum absolute atomic E-state index is 5.42. The summed E-state index contributed by atoms with van der Waals surface area (Å²) >= 11 is 0. The Labute approximate surface area is 112 Å². The highest BCUT2D eigenvalue weighted by Crippen LogP contribution is 2.16. The van der Waals surface area contributed by atoms with Gasteiger partial charge in [0.1, 0.15) is 0 Å². The number of ether oxygens (including phenoxy) is 2. The minimum atomic E-state index is -0.0316. The molecule has 4 nitrogen and oxygen atoms in total. The van der Waals surface area contributed by atoms with Gasteiger partial charge in [-0.05, 0) is 40.7 Å². The van der Waals surface area contributed by atoms with Crippen LogP contribution in [0.15, 0.2) is 0 Å². The summed E-state index contributed by atoms with van der Waals surface area (Å²) in [5.74, 6) is 0. The van der Waals surface area contributed by atoms with E-state index in [1.807, 2.05) is 0 Å². The van der Waals surface area contributed by atoms with Crippen molar-refractivity contribution in [3.63, 3.8) is 0 Å². The fourth-order valence-corrected chi connectivity index (χ4v) is 2.17. The highest BCUT2D eigenvalue weighted by molar-refractivity contribution is 4.85. The third-order valence-corrected chi connectivity index (χ3v) is 3.88. The fourth-order valence-electron chi connectivity index (χ4n) is 2.17. The van der Waals surface area contributed by atoms with E-state index < -0.39 is 0 Å². The highest BCUT2D eigenvalue weighted by Gasteiger charge is 2.27. The number of morpholine rings is 1. The summed E-state index contributed by atoms with van der Waals surface area (Å²) in [4.78, 5) is 2.50. The van der Waals surface area contributed by atoms with Crippen molar-refractivity contribution in [2.75, 3.05) is 46.5 Å². The lowest BCUT2D eigenvalue weighted by atomic mass is 10.0. The van der Waals surface area contributed by atoms with Gasteiger partial charge in [-0.3, -0.25) is 4.90 Å². The Balaban J connectivity index is 2.24. The molecular formula is C14H30N2O2. The lowest BCUT2D eigenvalue weighted by molar-refractivity contribution is -0.0112. The summed E-state index contributed by atoms with van der Waals surface area (Å²) in [6, 6.07) is 0. The zero-order valence-electron chi connectivity index (χ0n) is 12.7. The van der Waals surface area contributed by atoms with Crippen LogP contribution < -0.4 is 5.32 Å². The van der Waals surface area contributed by atoms with Gasteiger partial charge in [0.05, 0.1) is 18.8 Å². The molecule has 1 N–H and O–H groups in total. The van der Waals surface area contributed by atoms with Crippen molar-refractivity contribution >= 4 is 0 Å². The molecule has 0 saturated carbocycles. The van der Waals surface area contributed by atoms with Crippen LogP contribution in [0.2, 0.25) is 0 Å². The maximum atomic E-state index is 5.42. The Hall–Kier alpha value is -0.160. The van der Waals surface area contributed by atoms with Crippen molar-refractivity contribution in [3.05, 3.63) is 0 Å². The van der Waals surface area contributed by atoms with Gasteiger partial charge in [0.2, 0.25) is 0 Å². The Kier molecular flexibility index (Phi) is 6.05. The van der Waals surface area contributed by atoms with E-state index in [-0.39, 0.29) is 11.1 Å². The third kappa shape index (κ3) is 5.22. The van der Waals surface area contributed by atoms with Crippen molar-refractivity contribution < 1.29 is 9.47 Å². The lowest BCUT2D eigenvalue weighted by Gasteiger charge is -2.41. The van der Waals surface area contributed by atoms with Crippen LogP contribution in [0.1, 0.15) is 34.1 Å². The normalized spacial score (nSPS) is 19.2. The van der Waals surface area contributed by atoms with E-state index in [1.165, 1.54) is 0 Å². The molecule has 0 radical (unpaired) electrons. The Morgan fingerprint density at radius 3 is 2.33 bits per heavy atom. The molecule has 1 heterocycles. The van der Waals surface area contributed by atoms with Crippen molar-refractivity contribution in [2.24, 2.45) is 0 Å². The van der Waals surface area contributed by atoms with Crippen molar-refractivity contribution in [2.45, 2.75) is 45.3 Å². The van der Waals surface area contributed by atoms with Gasteiger partial charge in [0.15, 0.2) is 0 Å². The van der Waals surface area contributed by atoms with E-state index in [9.17, 15) is 0 Å². The van der Waals surface area contributed by atoms with Crippen molar-refractivity contribution in [3.8, 4) is 0 Å². The number of hydrogen-bond donors (Lipinski definition) is 1. The predicted molar refractivity (Wildman–Crippen MR) is 75.0 cm³/mol. The number of nitrogens with zero attached hydrogens (tertiary/aromatic N) is 1. The molecular weight excluding hydrogens is 228 g/mol. The van der Waals surface area contributed by atoms with E-state index in [0.717, 1.165) is 45.8 Å². The molecule has 0 spiro atoms. The molecule has 0 amide bonds. The van der Waals surface area contributed by atoms with Crippen LogP contribution in [0.25, 0.3) is 0 Å². The van der Waals surface area contributed by atoms with Gasteiger partial charge < -0.3 is 14.8 Å². The van der Waals surface area contributed by atoms with E-state index >= 15 is 0 Å². The van der Waals surface area contributed by atoms with Crippen LogP contribution in [-0.2, 0) is 9.47 Å². The van der Waals surface area contributed by atoms with E-state index in [1.54, 1.807) is 7.11 Å². The minimum absolute atomic E-state index is 0.0316. The molecule has 18 heavy (non-hydrogen) atoms. The molecule has 1 saturated heterocycles. The smallest absolute Gasteiger partial charge is 0.0634 e. The van der Waals surface area contributed by atoms with Crippen LogP contribution in [-0.4, -0.2) is 62.5 Å². The van der Waals surface area contributed by atoms with E-state index in [4.69, 9.17) is 9.47 Å². The lowest BCUT2D eigenvalue weighted by Crippen LogP contribution is -2.55. The third-order valence-electron chi connectivity index (χ3n) is 3.88. The minimum Gasteiger partial charge on any atom is -0.379 e. The molecule has 4 heteroatoms. The number of hydrogen-bond acceptors (Lipinski definition) is 4. The van der Waals surface area contributed by atoms with E-state index in [2.05, 4.69) is 37.9 Å². The maximum Gasteiger partial charge on any atom is 0.0634 e. The number of methoxy groups -OCH3 is 1. The van der Waals surface area contributed by atoms with Gasteiger partial charge in [0.25, 0.3) is 0 Å². The van der Waals surface area contributed by atoms with Gasteiger partial charge in [-0.25, -0.2) is 0 Å². The Morgan fingerprint density at radius 1 is 1.17 bits per heavy atom. The van der Waals surface area contributed by atoms with Gasteiger partial charge in [-0.2, -0.15) is 0 Å². The average molecular weight is 258 g/mol. The molecule has 0 unspecified atom stereocenters. The molecule has 0 aromatic carbocycles. The van der Waals surface area contributed by atoms with Gasteiger partial charge in [0, 0.05) is 32.3 Å². The summed E-state index contributed by atoms with van der Waals surface area (Å²) in [6.45, 7) is 14.7. The van der Waals surface area contributed by atoms with Crippen LogP contribution in [0.4, 0.5) is 0 Å². The summed E-state index contributed by atoms with van der Waals surface area (Å²) in [6.07, 6.45) is 1.03. The molecule has 0 atom stereocenters. The van der Waals surface area contributed by atoms with Gasteiger partial charge in [-0.1, -0.05) is 0 Å². The molecule has 0 aromatic heterocycles. The first-order valence-corrected chi connectivity index (χ1v) is 6.96. The quantitative estimate of drug-likeness (QED) is 0.702. The molecule has 0 aliphatic carbocycles. The van der Waals surface area contributed by atoms with Crippen LogP contribution in [0.3, 0.4) is 0 Å². The predicted octanol–water partition coefficient (Wildman–Crippen LogP) is 1.50. The molecule has 0 bridgehead atoms. The zero-order chi connectivity index (χ0) is 13.6. The average Bonchev–Trinajstić information content (AvgIpc) is 2.36. The van der Waals surface area contributed by atoms with Gasteiger partial charge >= 0.3 is 0 Å². The Morgan fingerprint density at radius 2 is 1.78 bits per heavy atom. The summed E-state index contributed by atoms with van der Waals surface area (Å²) < 4.78 is 10.8. The standard InChI is InChI=1S/C14H30N2O2/c1-13(2,16-8-10-18-11-9-16)12-15-7-6-14(3,4)17-5/h15H,6-12H2,1-5H3. The second-order valence-corrected chi connectivity index (χ2v) is 6.30. The first-order valence-electron chi connectivity index (χ1n) is 6.96. The first kappa shape index (κ1) is 15.9. The summed E-state index contributed by atoms with van der Waals surface area (Å²) in [7, 11) is 1.78. The zero-order valence-corrected chi connectivity index (χ0v) is 12.7. The molecule has 1 aliphatic heterocycles. The monoisotopic (exact) mass is 258 g/mol. The SMILES string of the molecule is COC(C)(C)CCNCC(C)(C)N1CCOCC1. The molecule has 1 rings (SSSR count). The summed E-state index contributed by atoms with van der Waals surface area (Å²) in [5, 5.41) is 3.55. The van der Waals surface area contributed by atoms with Crippen LogP contribution >= 0.6 is 0 Å². The topological polar surface area (TPSA) is 33.7 Å². The van der Waals surface area contributed by atoms with E-state index in [0.29, 0.717) is 0 Å². The highest BCUT2D eigenvalue weighted by atomic mass is 16.5. The van der Waals surface area contributed by atoms with Gasteiger partial charge in [-0.15, -0.1) is 0 Å². The van der Waals surface area contributed by atoms with Crippen LogP contribution in [0.5, 0.6) is 0 Å². The first-order chi connectivity index (χ1) is 8.37. The fraction of sp³-hybridized carbons (Fsp3) is 1.00. The molecule has 1 fully saturated rings. The molecule has 0 aromatic rings. The molecule has 108 valence electrons. The second-order valence-electron chi connectivity index (χ2n) is 6.30. The largest absolute Gasteiger partial charge is 0.379 e. The number of nitrogens with one attached hydrogen (secondary N) is 1. The number of rotatable bonds is 7. The van der Waals surface area contributed by atoms with Crippen molar-refractivity contribution in [1.82, 2.24) is 10.2 Å². The second kappa shape index (κ2) is 6.85. The van der Waals surface area contributed by atoms with Crippen LogP contribution in [0, 0.1) is 0 Å². The molecule has 1 aliphatic rings.